The van der Waals surface area contributed by atoms with Crippen molar-refractivity contribution < 1.29 is 18.7 Å². The maximum absolute atomic E-state index is 12.5. The average molecular weight is 213 g/mol. The molecule has 0 radical (unpaired) electrons. The summed E-state index contributed by atoms with van der Waals surface area (Å²) in [5.74, 6) is -1.51. The summed E-state index contributed by atoms with van der Waals surface area (Å²) in [5.41, 5.74) is 2.63. The first-order valence-corrected chi connectivity index (χ1v) is 3.69. The number of halogens is 2. The molecule has 15 heavy (non-hydrogen) atoms. The molecule has 0 bridgehead atoms. The number of aromatic nitrogens is 1. The van der Waals surface area contributed by atoms with Crippen LogP contribution >= 0.6 is 0 Å². The number of alkyl halides is 2. The van der Waals surface area contributed by atoms with Gasteiger partial charge in [0.2, 0.25) is 0 Å². The number of carbonyl (C=O) groups is 1. The van der Waals surface area contributed by atoms with Crippen molar-refractivity contribution in [3.05, 3.63) is 23.0 Å². The fourth-order valence-electron chi connectivity index (χ4n) is 1.04. The molecule has 0 saturated heterocycles. The molecule has 1 heterocycles. The summed E-state index contributed by atoms with van der Waals surface area (Å²) >= 11 is 0. The van der Waals surface area contributed by atoms with Gasteiger partial charge in [-0.3, -0.25) is 0 Å². The number of pyridine rings is 1. The smallest absolute Gasteiger partial charge is 0.356 e. The third-order valence-corrected chi connectivity index (χ3v) is 1.70. The number of carboxylic acids is 1. The van der Waals surface area contributed by atoms with Crippen LogP contribution < -0.4 is 5.73 Å². The fourth-order valence-corrected chi connectivity index (χ4v) is 1.04. The minimum atomic E-state index is -3.01. The summed E-state index contributed by atoms with van der Waals surface area (Å²) in [7, 11) is 0. The first-order chi connectivity index (χ1) is 6.99. The van der Waals surface area contributed by atoms with Crippen LogP contribution in [0.15, 0.2) is 6.20 Å². The normalized spacial score (nSPS) is 10.0. The van der Waals surface area contributed by atoms with Crippen LogP contribution in [0.3, 0.4) is 0 Å². The van der Waals surface area contributed by atoms with Gasteiger partial charge in [0.05, 0.1) is 16.8 Å². The third kappa shape index (κ3) is 1.83. The van der Waals surface area contributed by atoms with E-state index in [0.29, 0.717) is 0 Å². The average Bonchev–Trinajstić information content (AvgIpc) is 2.15. The summed E-state index contributed by atoms with van der Waals surface area (Å²) in [6.45, 7) is 0. The van der Waals surface area contributed by atoms with E-state index in [-0.39, 0.29) is 0 Å². The van der Waals surface area contributed by atoms with Crippen LogP contribution in [0.4, 0.5) is 14.5 Å². The van der Waals surface area contributed by atoms with Gasteiger partial charge in [0.1, 0.15) is 6.07 Å². The fraction of sp³-hybridized carbons (Fsp3) is 0.125. The molecule has 5 nitrogen and oxygen atoms in total. The van der Waals surface area contributed by atoms with E-state index in [0.717, 1.165) is 6.20 Å². The monoisotopic (exact) mass is 213 g/mol. The topological polar surface area (TPSA) is 100 Å². The second-order valence-corrected chi connectivity index (χ2v) is 2.57. The van der Waals surface area contributed by atoms with Crippen molar-refractivity contribution in [3.8, 4) is 6.07 Å². The number of aromatic carboxylic acids is 1. The van der Waals surface area contributed by atoms with Gasteiger partial charge in [-0.05, 0) is 0 Å². The molecule has 7 heteroatoms. The van der Waals surface area contributed by atoms with E-state index in [4.69, 9.17) is 16.1 Å². The number of hydrogen-bond donors (Lipinski definition) is 2. The molecule has 3 N–H and O–H groups in total. The third-order valence-electron chi connectivity index (χ3n) is 1.70. The van der Waals surface area contributed by atoms with Crippen LogP contribution in [0.5, 0.6) is 0 Å². The van der Waals surface area contributed by atoms with Crippen molar-refractivity contribution in [1.82, 2.24) is 4.98 Å². The Morgan fingerprint density at radius 3 is 2.67 bits per heavy atom. The molecule has 78 valence electrons. The van der Waals surface area contributed by atoms with Gasteiger partial charge >= 0.3 is 5.97 Å². The van der Waals surface area contributed by atoms with Crippen LogP contribution in [0.25, 0.3) is 0 Å². The van der Waals surface area contributed by atoms with Gasteiger partial charge in [-0.15, -0.1) is 0 Å². The number of nitrogen functional groups attached to an aromatic ring is 1. The van der Waals surface area contributed by atoms with E-state index in [1.165, 1.54) is 6.07 Å². The van der Waals surface area contributed by atoms with E-state index >= 15 is 0 Å². The minimum Gasteiger partial charge on any atom is -0.476 e. The molecule has 0 unspecified atom stereocenters. The molecule has 0 aliphatic rings. The van der Waals surface area contributed by atoms with Gasteiger partial charge in [0.25, 0.3) is 6.43 Å². The Morgan fingerprint density at radius 1 is 1.67 bits per heavy atom. The number of nitrogens with two attached hydrogens (primary N) is 1. The number of anilines is 1. The highest BCUT2D eigenvalue weighted by Gasteiger charge is 2.22. The highest BCUT2D eigenvalue weighted by Crippen LogP contribution is 2.29. The number of nitriles is 1. The molecule has 0 spiro atoms. The molecule has 1 rings (SSSR count). The van der Waals surface area contributed by atoms with Crippen LogP contribution in [-0.4, -0.2) is 16.1 Å². The zero-order valence-corrected chi connectivity index (χ0v) is 7.24. The Kier molecular flexibility index (Phi) is 2.80. The van der Waals surface area contributed by atoms with Crippen molar-refractivity contribution in [3.63, 3.8) is 0 Å². The maximum atomic E-state index is 12.5. The van der Waals surface area contributed by atoms with Crippen LogP contribution in [0.2, 0.25) is 0 Å². The Labute approximate surface area is 82.8 Å². The molecule has 0 atom stereocenters. The Morgan fingerprint density at radius 2 is 2.27 bits per heavy atom. The zero-order chi connectivity index (χ0) is 11.6. The number of rotatable bonds is 2. The molecule has 0 fully saturated rings. The first-order valence-electron chi connectivity index (χ1n) is 3.69. The SMILES string of the molecule is N#Cc1cnc(C(=O)O)c(N)c1C(F)F. The minimum absolute atomic E-state index is 0.424. The van der Waals surface area contributed by atoms with Crippen molar-refractivity contribution in [2.24, 2.45) is 0 Å². The maximum Gasteiger partial charge on any atom is 0.356 e. The molecule has 0 aliphatic heterocycles. The van der Waals surface area contributed by atoms with Crippen LogP contribution in [0, 0.1) is 11.3 Å². The number of carboxylic acid groups (broad SMARTS) is 1. The van der Waals surface area contributed by atoms with Crippen molar-refractivity contribution in [2.75, 3.05) is 5.73 Å². The predicted octanol–water partition coefficient (Wildman–Crippen LogP) is 1.17. The highest BCUT2D eigenvalue weighted by molar-refractivity contribution is 5.92. The van der Waals surface area contributed by atoms with Crippen molar-refractivity contribution in [1.29, 1.82) is 5.26 Å². The lowest BCUT2D eigenvalue weighted by molar-refractivity contribution is 0.0691. The molecule has 0 saturated carbocycles. The first kappa shape index (κ1) is 10.8. The van der Waals surface area contributed by atoms with Crippen molar-refractivity contribution >= 4 is 11.7 Å². The molecule has 0 aliphatic carbocycles. The summed E-state index contributed by atoms with van der Waals surface area (Å²) in [6.07, 6.45) is -2.25. The van der Waals surface area contributed by atoms with E-state index in [1.54, 1.807) is 0 Å². The summed E-state index contributed by atoms with van der Waals surface area (Å²) in [6, 6.07) is 1.47. The van der Waals surface area contributed by atoms with E-state index in [2.05, 4.69) is 4.98 Å². The summed E-state index contributed by atoms with van der Waals surface area (Å²) < 4.78 is 24.9. The van der Waals surface area contributed by atoms with Gasteiger partial charge in [0.15, 0.2) is 5.69 Å². The Hall–Kier alpha value is -2.23. The number of hydrogen-bond acceptors (Lipinski definition) is 4. The van der Waals surface area contributed by atoms with Crippen LogP contribution in [-0.2, 0) is 0 Å². The van der Waals surface area contributed by atoms with Gasteiger partial charge in [-0.25, -0.2) is 18.6 Å². The molecule has 1 aromatic heterocycles. The lowest BCUT2D eigenvalue weighted by Crippen LogP contribution is -2.10. The van der Waals surface area contributed by atoms with E-state index < -0.39 is 34.9 Å². The molecular weight excluding hydrogens is 208 g/mol. The number of nitrogens with zero attached hydrogens (tertiary/aromatic N) is 2. The van der Waals surface area contributed by atoms with Gasteiger partial charge < -0.3 is 10.8 Å². The van der Waals surface area contributed by atoms with Crippen molar-refractivity contribution in [2.45, 2.75) is 6.43 Å². The Bertz CT molecular complexity index is 454. The second kappa shape index (κ2) is 3.88. The van der Waals surface area contributed by atoms with Gasteiger partial charge in [-0.2, -0.15) is 5.26 Å². The Balaban J connectivity index is 3.51. The zero-order valence-electron chi connectivity index (χ0n) is 7.24. The second-order valence-electron chi connectivity index (χ2n) is 2.57. The lowest BCUT2D eigenvalue weighted by Gasteiger charge is -2.08. The van der Waals surface area contributed by atoms with Gasteiger partial charge in [0, 0.05) is 6.20 Å². The summed E-state index contributed by atoms with van der Waals surface area (Å²) in [5, 5.41) is 17.1. The highest BCUT2D eigenvalue weighted by atomic mass is 19.3. The standard InChI is InChI=1S/C8H5F2N3O2/c9-7(10)4-3(1-11)2-13-6(5(4)12)8(14)15/h2,7H,12H2,(H,14,15). The van der Waals surface area contributed by atoms with Gasteiger partial charge in [-0.1, -0.05) is 0 Å². The largest absolute Gasteiger partial charge is 0.476 e. The lowest BCUT2D eigenvalue weighted by atomic mass is 10.1. The summed E-state index contributed by atoms with van der Waals surface area (Å²) in [4.78, 5) is 13.8. The molecular formula is C8H5F2N3O2. The molecule has 0 aromatic carbocycles. The predicted molar refractivity (Wildman–Crippen MR) is 45.3 cm³/mol. The van der Waals surface area contributed by atoms with E-state index in [1.807, 2.05) is 0 Å². The molecule has 0 amide bonds. The quantitative estimate of drug-likeness (QED) is 0.767. The van der Waals surface area contributed by atoms with Crippen LogP contribution in [0.1, 0.15) is 28.0 Å². The molecule has 1 aromatic rings. The van der Waals surface area contributed by atoms with E-state index in [9.17, 15) is 13.6 Å².